The number of sulfonamides is 1. The van der Waals surface area contributed by atoms with E-state index < -0.39 is 21.8 Å². The summed E-state index contributed by atoms with van der Waals surface area (Å²) in [5.74, 6) is -1.11. The molecule has 0 aliphatic heterocycles. The summed E-state index contributed by atoms with van der Waals surface area (Å²) in [6.45, 7) is 1.59. The lowest BCUT2D eigenvalue weighted by molar-refractivity contribution is -0.144. The van der Waals surface area contributed by atoms with Gasteiger partial charge in [-0.3, -0.25) is 4.79 Å². The maximum atomic E-state index is 12.9. The molecule has 0 bridgehead atoms. The van der Waals surface area contributed by atoms with Crippen LogP contribution in [-0.2, 0) is 26.2 Å². The van der Waals surface area contributed by atoms with Gasteiger partial charge in [-0.05, 0) is 43.3 Å². The number of nitrogens with one attached hydrogen (secondary N) is 1. The van der Waals surface area contributed by atoms with Crippen molar-refractivity contribution in [2.45, 2.75) is 24.8 Å². The van der Waals surface area contributed by atoms with Gasteiger partial charge in [0.05, 0.1) is 33.7 Å². The van der Waals surface area contributed by atoms with Gasteiger partial charge in [0.25, 0.3) is 0 Å². The average Bonchev–Trinajstić information content (AvgIpc) is 2.66. The predicted molar refractivity (Wildman–Crippen MR) is 100 cm³/mol. The van der Waals surface area contributed by atoms with Gasteiger partial charge in [0.1, 0.15) is 12.4 Å². The van der Waals surface area contributed by atoms with Gasteiger partial charge in [-0.15, -0.1) is 0 Å². The van der Waals surface area contributed by atoms with Crippen molar-refractivity contribution in [3.8, 4) is 0 Å². The molecule has 0 saturated heterocycles. The van der Waals surface area contributed by atoms with E-state index in [2.05, 4.69) is 14.7 Å². The molecule has 0 saturated carbocycles. The summed E-state index contributed by atoms with van der Waals surface area (Å²) in [5.41, 5.74) is 2.65. The zero-order valence-electron chi connectivity index (χ0n) is 15.1. The Morgan fingerprint density at radius 1 is 1.07 bits per heavy atom. The highest BCUT2D eigenvalue weighted by atomic mass is 32.2. The Bertz CT molecular complexity index is 1100. The molecule has 0 radical (unpaired) electrons. The SMILES string of the molecule is Cc1nc2ccccc2nc1COC(=O)CCNS(=O)(=O)c1ccc(F)cc1. The van der Waals surface area contributed by atoms with E-state index in [4.69, 9.17) is 4.74 Å². The van der Waals surface area contributed by atoms with Crippen molar-refractivity contribution in [3.05, 3.63) is 65.7 Å². The van der Waals surface area contributed by atoms with Crippen LogP contribution in [0.3, 0.4) is 0 Å². The maximum Gasteiger partial charge on any atom is 0.307 e. The lowest BCUT2D eigenvalue weighted by Gasteiger charge is -2.09. The minimum Gasteiger partial charge on any atom is -0.459 e. The van der Waals surface area contributed by atoms with Crippen LogP contribution in [-0.4, -0.2) is 30.9 Å². The number of benzene rings is 2. The highest BCUT2D eigenvalue weighted by molar-refractivity contribution is 7.89. The number of fused-ring (bicyclic) bond motifs is 1. The standard InChI is InChI=1S/C19H18FN3O4S/c1-13-18(23-17-5-3-2-4-16(17)22-13)12-27-19(24)10-11-21-28(25,26)15-8-6-14(20)7-9-15/h2-9,21H,10-12H2,1H3. The molecule has 3 aromatic rings. The third-order valence-corrected chi connectivity index (χ3v) is 5.43. The molecule has 9 heteroatoms. The summed E-state index contributed by atoms with van der Waals surface area (Å²) >= 11 is 0. The number of para-hydroxylation sites is 2. The number of nitrogens with zero attached hydrogens (tertiary/aromatic N) is 2. The Morgan fingerprint density at radius 2 is 1.71 bits per heavy atom. The van der Waals surface area contributed by atoms with Crippen LogP contribution >= 0.6 is 0 Å². The molecule has 3 rings (SSSR count). The molecule has 0 unspecified atom stereocenters. The maximum absolute atomic E-state index is 12.9. The Morgan fingerprint density at radius 3 is 2.39 bits per heavy atom. The fraction of sp³-hybridized carbons (Fsp3) is 0.211. The van der Waals surface area contributed by atoms with E-state index >= 15 is 0 Å². The lowest BCUT2D eigenvalue weighted by Crippen LogP contribution is -2.26. The Labute approximate surface area is 161 Å². The molecule has 0 aliphatic carbocycles. The van der Waals surface area contributed by atoms with Crippen molar-refractivity contribution < 1.29 is 22.3 Å². The fourth-order valence-corrected chi connectivity index (χ4v) is 3.50. The van der Waals surface area contributed by atoms with Gasteiger partial charge in [0.15, 0.2) is 0 Å². The average molecular weight is 403 g/mol. The second kappa shape index (κ2) is 8.41. The van der Waals surface area contributed by atoms with Crippen molar-refractivity contribution in [2.24, 2.45) is 0 Å². The molecule has 1 aromatic heterocycles. The zero-order valence-corrected chi connectivity index (χ0v) is 15.9. The first kappa shape index (κ1) is 19.8. The van der Waals surface area contributed by atoms with Crippen LogP contribution in [0.5, 0.6) is 0 Å². The number of carbonyl (C=O) groups is 1. The second-order valence-corrected chi connectivity index (χ2v) is 7.77. The second-order valence-electron chi connectivity index (χ2n) is 6.01. The molecule has 28 heavy (non-hydrogen) atoms. The number of hydrogen-bond acceptors (Lipinski definition) is 6. The molecule has 2 aromatic carbocycles. The summed E-state index contributed by atoms with van der Waals surface area (Å²) in [7, 11) is -3.82. The zero-order chi connectivity index (χ0) is 20.1. The van der Waals surface area contributed by atoms with Crippen LogP contribution in [0.2, 0.25) is 0 Å². The van der Waals surface area contributed by atoms with E-state index in [9.17, 15) is 17.6 Å². The monoisotopic (exact) mass is 403 g/mol. The normalized spacial score (nSPS) is 11.5. The molecule has 1 N–H and O–H groups in total. The van der Waals surface area contributed by atoms with Crippen LogP contribution in [0.4, 0.5) is 4.39 Å². The van der Waals surface area contributed by atoms with E-state index in [1.165, 1.54) is 0 Å². The first-order valence-corrected chi connectivity index (χ1v) is 9.96. The van der Waals surface area contributed by atoms with Crippen molar-refractivity contribution >= 4 is 27.0 Å². The van der Waals surface area contributed by atoms with Crippen LogP contribution in [0.1, 0.15) is 17.8 Å². The summed E-state index contributed by atoms with van der Waals surface area (Å²) < 4.78 is 44.5. The smallest absolute Gasteiger partial charge is 0.307 e. The van der Waals surface area contributed by atoms with Crippen molar-refractivity contribution in [3.63, 3.8) is 0 Å². The number of esters is 1. The fourth-order valence-electron chi connectivity index (χ4n) is 2.47. The van der Waals surface area contributed by atoms with Gasteiger partial charge in [0, 0.05) is 6.54 Å². The van der Waals surface area contributed by atoms with Crippen LogP contribution in [0.25, 0.3) is 11.0 Å². The number of aryl methyl sites for hydroxylation is 1. The molecular weight excluding hydrogens is 385 g/mol. The Hall–Kier alpha value is -2.91. The first-order valence-electron chi connectivity index (χ1n) is 8.48. The third kappa shape index (κ3) is 4.87. The highest BCUT2D eigenvalue weighted by Crippen LogP contribution is 2.13. The summed E-state index contributed by atoms with van der Waals surface area (Å²) in [4.78, 5) is 20.7. The Kier molecular flexibility index (Phi) is 5.96. The van der Waals surface area contributed by atoms with Gasteiger partial charge < -0.3 is 4.74 Å². The molecule has 0 fully saturated rings. The van der Waals surface area contributed by atoms with E-state index in [0.717, 1.165) is 29.8 Å². The molecule has 0 aliphatic rings. The van der Waals surface area contributed by atoms with Crippen LogP contribution in [0.15, 0.2) is 53.4 Å². The molecule has 7 nitrogen and oxygen atoms in total. The van der Waals surface area contributed by atoms with E-state index in [0.29, 0.717) is 16.9 Å². The number of halogens is 1. The van der Waals surface area contributed by atoms with Gasteiger partial charge in [0.2, 0.25) is 10.0 Å². The highest BCUT2D eigenvalue weighted by Gasteiger charge is 2.15. The molecule has 1 heterocycles. The molecule has 0 spiro atoms. The number of carbonyl (C=O) groups excluding carboxylic acids is 1. The molecular formula is C19H18FN3O4S. The number of ether oxygens (including phenoxy) is 1. The van der Waals surface area contributed by atoms with E-state index in [1.807, 2.05) is 24.3 Å². The van der Waals surface area contributed by atoms with Crippen molar-refractivity contribution in [1.82, 2.24) is 14.7 Å². The van der Waals surface area contributed by atoms with Crippen molar-refractivity contribution in [2.75, 3.05) is 6.54 Å². The number of hydrogen-bond donors (Lipinski definition) is 1. The van der Waals surface area contributed by atoms with E-state index in [-0.39, 0.29) is 24.5 Å². The van der Waals surface area contributed by atoms with Crippen LogP contribution < -0.4 is 4.72 Å². The summed E-state index contributed by atoms with van der Waals surface area (Å²) in [5, 5.41) is 0. The topological polar surface area (TPSA) is 98.2 Å². The van der Waals surface area contributed by atoms with Gasteiger partial charge in [-0.25, -0.2) is 27.5 Å². The van der Waals surface area contributed by atoms with Gasteiger partial charge >= 0.3 is 5.97 Å². The minimum absolute atomic E-state index is 0.0484. The minimum atomic E-state index is -3.82. The van der Waals surface area contributed by atoms with E-state index in [1.54, 1.807) is 6.92 Å². The largest absolute Gasteiger partial charge is 0.459 e. The number of rotatable bonds is 7. The quantitative estimate of drug-likeness (QED) is 0.609. The third-order valence-electron chi connectivity index (χ3n) is 3.96. The van der Waals surface area contributed by atoms with Crippen LogP contribution in [0, 0.1) is 12.7 Å². The van der Waals surface area contributed by atoms with Crippen molar-refractivity contribution in [1.29, 1.82) is 0 Å². The predicted octanol–water partition coefficient (Wildman–Crippen LogP) is 2.49. The Balaban J connectivity index is 1.52. The molecule has 146 valence electrons. The van der Waals surface area contributed by atoms with Gasteiger partial charge in [-0.1, -0.05) is 12.1 Å². The summed E-state index contributed by atoms with van der Waals surface area (Å²) in [6, 6.07) is 11.8. The van der Waals surface area contributed by atoms with Gasteiger partial charge in [-0.2, -0.15) is 0 Å². The molecule has 0 amide bonds. The number of aromatic nitrogens is 2. The lowest BCUT2D eigenvalue weighted by atomic mass is 10.2. The first-order chi connectivity index (χ1) is 13.3. The molecule has 0 atom stereocenters. The summed E-state index contributed by atoms with van der Waals surface area (Å²) in [6.07, 6.45) is -0.152.